The number of hydrogen-bond acceptors (Lipinski definition) is 5. The van der Waals surface area contributed by atoms with Crippen molar-refractivity contribution in [3.63, 3.8) is 0 Å². The van der Waals surface area contributed by atoms with Crippen LogP contribution in [-0.2, 0) is 14.4 Å². The molecule has 0 aromatic heterocycles. The van der Waals surface area contributed by atoms with Gasteiger partial charge < -0.3 is 26.2 Å². The number of hydrogen-bond donors (Lipinski definition) is 5. The molecule has 1 aromatic rings. The van der Waals surface area contributed by atoms with Gasteiger partial charge in [-0.3, -0.25) is 14.4 Å². The van der Waals surface area contributed by atoms with Crippen LogP contribution in [0, 0.1) is 22.2 Å². The first-order valence-electron chi connectivity index (χ1n) is 8.84. The summed E-state index contributed by atoms with van der Waals surface area (Å²) in [6.07, 6.45) is 0.277. The molecule has 5 rings (SSSR count). The van der Waals surface area contributed by atoms with E-state index in [9.17, 15) is 34.8 Å². The zero-order valence-corrected chi connectivity index (χ0v) is 14.5. The maximum absolute atomic E-state index is 12.5. The summed E-state index contributed by atoms with van der Waals surface area (Å²) in [6, 6.07) is 4.52. The van der Waals surface area contributed by atoms with Crippen LogP contribution in [0.4, 0.5) is 5.69 Å². The summed E-state index contributed by atoms with van der Waals surface area (Å²) in [6.45, 7) is 0. The first-order chi connectivity index (χ1) is 12.6. The van der Waals surface area contributed by atoms with E-state index in [-0.39, 0.29) is 43.5 Å². The molecule has 1 aromatic carbocycles. The summed E-state index contributed by atoms with van der Waals surface area (Å²) in [7, 11) is 0. The highest BCUT2D eigenvalue weighted by Gasteiger charge is 2.74. The molecule has 0 amide bonds. The number of aromatic hydroxyl groups is 1. The molecule has 0 saturated heterocycles. The van der Waals surface area contributed by atoms with E-state index in [0.29, 0.717) is 5.56 Å². The van der Waals surface area contributed by atoms with E-state index in [1.54, 1.807) is 6.07 Å². The van der Waals surface area contributed by atoms with E-state index in [1.807, 2.05) is 0 Å². The van der Waals surface area contributed by atoms with E-state index in [0.717, 1.165) is 0 Å². The Morgan fingerprint density at radius 1 is 0.926 bits per heavy atom. The molecule has 144 valence electrons. The van der Waals surface area contributed by atoms with E-state index >= 15 is 0 Å². The van der Waals surface area contributed by atoms with Gasteiger partial charge in [0.05, 0.1) is 21.9 Å². The van der Waals surface area contributed by atoms with Gasteiger partial charge in [0.1, 0.15) is 5.75 Å². The molecule has 3 atom stereocenters. The summed E-state index contributed by atoms with van der Waals surface area (Å²) < 4.78 is 0. The largest absolute Gasteiger partial charge is 0.506 e. The number of carboxylic acids is 3. The van der Waals surface area contributed by atoms with Gasteiger partial charge in [0, 0.05) is 5.92 Å². The van der Waals surface area contributed by atoms with E-state index in [4.69, 9.17) is 5.73 Å². The van der Waals surface area contributed by atoms with Crippen LogP contribution in [0.5, 0.6) is 5.75 Å². The zero-order valence-electron chi connectivity index (χ0n) is 14.5. The van der Waals surface area contributed by atoms with E-state index < -0.39 is 46.0 Å². The number of carboxylic acid groups (broad SMARTS) is 3. The highest BCUT2D eigenvalue weighted by atomic mass is 16.4. The van der Waals surface area contributed by atoms with Crippen molar-refractivity contribution in [2.75, 3.05) is 5.73 Å². The van der Waals surface area contributed by atoms with Crippen molar-refractivity contribution in [1.82, 2.24) is 0 Å². The summed E-state index contributed by atoms with van der Waals surface area (Å²) in [5.41, 5.74) is 2.36. The lowest BCUT2D eigenvalue weighted by molar-refractivity contribution is -0.214. The lowest BCUT2D eigenvalue weighted by Gasteiger charge is -2.65. The minimum atomic E-state index is -1.49. The van der Waals surface area contributed by atoms with Crippen LogP contribution in [-0.4, -0.2) is 38.3 Å². The van der Waals surface area contributed by atoms with Crippen molar-refractivity contribution < 1.29 is 34.8 Å². The highest BCUT2D eigenvalue weighted by molar-refractivity contribution is 5.87. The molecular weight excluding hydrogens is 354 g/mol. The number of rotatable bonds is 4. The van der Waals surface area contributed by atoms with Gasteiger partial charge in [0.25, 0.3) is 0 Å². The SMILES string of the molecule is Nc1cc(C2C3CC4(C(=O)O)CC(C(=O)O)(C3)CC2(C(=O)O)C4)ccc1O. The summed E-state index contributed by atoms with van der Waals surface area (Å²) in [4.78, 5) is 36.6. The monoisotopic (exact) mass is 375 g/mol. The van der Waals surface area contributed by atoms with Crippen molar-refractivity contribution in [2.24, 2.45) is 22.2 Å². The Labute approximate surface area is 154 Å². The first-order valence-corrected chi connectivity index (χ1v) is 8.84. The maximum atomic E-state index is 12.5. The zero-order chi connectivity index (χ0) is 19.8. The van der Waals surface area contributed by atoms with Crippen molar-refractivity contribution in [3.8, 4) is 5.75 Å². The molecule has 6 N–H and O–H groups in total. The Kier molecular flexibility index (Phi) is 3.36. The number of phenolic OH excluding ortho intramolecular Hbond substituents is 1. The molecule has 0 heterocycles. The number of carbonyl (C=O) groups is 3. The molecule has 0 spiro atoms. The average Bonchev–Trinajstić information content (AvgIpc) is 2.56. The first kappa shape index (κ1) is 17.6. The standard InChI is InChI=1S/C19H21NO7/c20-11-3-9(1-2-12(11)21)13-10-4-17(14(22)23)6-18(5-10,15(24)25)8-19(13,7-17)16(26)27/h1-3,10,13,21H,4-8,20H2,(H,22,23)(H,24,25)(H,26,27). The van der Waals surface area contributed by atoms with Crippen LogP contribution in [0.2, 0.25) is 0 Å². The predicted octanol–water partition coefficient (Wildman–Crippen LogP) is 1.88. The molecule has 4 aliphatic rings. The van der Waals surface area contributed by atoms with Crippen LogP contribution in [0.15, 0.2) is 18.2 Å². The van der Waals surface area contributed by atoms with Crippen LogP contribution in [0.1, 0.15) is 43.6 Å². The molecule has 3 unspecified atom stereocenters. The molecule has 4 aliphatic carbocycles. The number of aliphatic carboxylic acids is 3. The molecule has 4 saturated carbocycles. The van der Waals surface area contributed by atoms with Gasteiger partial charge in [-0.2, -0.15) is 0 Å². The Morgan fingerprint density at radius 2 is 1.48 bits per heavy atom. The molecule has 8 heteroatoms. The number of anilines is 1. The second kappa shape index (κ2) is 5.15. The van der Waals surface area contributed by atoms with Gasteiger partial charge in [-0.1, -0.05) is 6.07 Å². The minimum Gasteiger partial charge on any atom is -0.506 e. The smallest absolute Gasteiger partial charge is 0.310 e. The molecule has 0 radical (unpaired) electrons. The number of nitrogens with two attached hydrogens (primary N) is 1. The van der Waals surface area contributed by atoms with Crippen LogP contribution in [0.3, 0.4) is 0 Å². The summed E-state index contributed by atoms with van der Waals surface area (Å²) in [5.74, 6) is -4.46. The predicted molar refractivity (Wildman–Crippen MR) is 92.0 cm³/mol. The fraction of sp³-hybridized carbons (Fsp3) is 0.526. The number of benzene rings is 1. The lowest BCUT2D eigenvalue weighted by atomic mass is 9.35. The third kappa shape index (κ3) is 2.12. The van der Waals surface area contributed by atoms with Crippen LogP contribution in [0.25, 0.3) is 0 Å². The normalized spacial score (nSPS) is 39.3. The van der Waals surface area contributed by atoms with Gasteiger partial charge in [-0.25, -0.2) is 0 Å². The van der Waals surface area contributed by atoms with Gasteiger partial charge >= 0.3 is 17.9 Å². The molecule has 4 fully saturated rings. The number of phenols is 1. The quantitative estimate of drug-likeness (QED) is 0.394. The van der Waals surface area contributed by atoms with Gasteiger partial charge in [0.15, 0.2) is 0 Å². The molecular formula is C19H21NO7. The van der Waals surface area contributed by atoms with Crippen molar-refractivity contribution in [1.29, 1.82) is 0 Å². The molecule has 8 nitrogen and oxygen atoms in total. The van der Waals surface area contributed by atoms with E-state index in [1.165, 1.54) is 12.1 Å². The summed E-state index contributed by atoms with van der Waals surface area (Å²) in [5, 5.41) is 39.6. The maximum Gasteiger partial charge on any atom is 0.310 e. The van der Waals surface area contributed by atoms with Crippen LogP contribution < -0.4 is 5.73 Å². The number of nitrogen functional groups attached to an aromatic ring is 1. The Hall–Kier alpha value is -2.77. The van der Waals surface area contributed by atoms with Gasteiger partial charge in [0.2, 0.25) is 0 Å². The van der Waals surface area contributed by atoms with Gasteiger partial charge in [-0.15, -0.1) is 0 Å². The van der Waals surface area contributed by atoms with Crippen LogP contribution >= 0.6 is 0 Å². The molecule has 0 aliphatic heterocycles. The highest BCUT2D eigenvalue weighted by Crippen LogP contribution is 2.74. The average molecular weight is 375 g/mol. The van der Waals surface area contributed by atoms with Crippen molar-refractivity contribution >= 4 is 23.6 Å². The Bertz CT molecular complexity index is 849. The van der Waals surface area contributed by atoms with Crippen molar-refractivity contribution in [3.05, 3.63) is 23.8 Å². The third-order valence-corrected chi connectivity index (χ3v) is 7.10. The molecule has 4 bridgehead atoms. The van der Waals surface area contributed by atoms with Crippen molar-refractivity contribution in [2.45, 2.75) is 38.0 Å². The van der Waals surface area contributed by atoms with E-state index in [2.05, 4.69) is 0 Å². The fourth-order valence-electron chi connectivity index (χ4n) is 6.43. The minimum absolute atomic E-state index is 0.0271. The Morgan fingerprint density at radius 3 is 1.93 bits per heavy atom. The second-order valence-electron chi connectivity index (χ2n) is 8.63. The fourth-order valence-corrected chi connectivity index (χ4v) is 6.43. The Balaban J connectivity index is 1.92. The third-order valence-electron chi connectivity index (χ3n) is 7.10. The summed E-state index contributed by atoms with van der Waals surface area (Å²) >= 11 is 0. The second-order valence-corrected chi connectivity index (χ2v) is 8.63. The molecule has 27 heavy (non-hydrogen) atoms. The topological polar surface area (TPSA) is 158 Å². The lowest BCUT2D eigenvalue weighted by Crippen LogP contribution is -2.66. The van der Waals surface area contributed by atoms with Gasteiger partial charge in [-0.05, 0) is 55.7 Å².